The average molecular weight is 194 g/mol. The van der Waals surface area contributed by atoms with Gasteiger partial charge in [-0.15, -0.1) is 0 Å². The maximum atomic E-state index is 11.9. The third kappa shape index (κ3) is 1.98. The van der Waals surface area contributed by atoms with Crippen molar-refractivity contribution in [2.45, 2.75) is 38.1 Å². The zero-order valence-corrected chi connectivity index (χ0v) is 8.54. The predicted octanol–water partition coefficient (Wildman–Crippen LogP) is 1.05. The molecule has 2 rings (SSSR count). The first-order valence-corrected chi connectivity index (χ1v) is 5.51. The molecule has 2 N–H and O–H groups in total. The van der Waals surface area contributed by atoms with Gasteiger partial charge in [0.15, 0.2) is 0 Å². The van der Waals surface area contributed by atoms with Crippen LogP contribution in [0.3, 0.4) is 0 Å². The SMILES string of the molecule is N[C@@H]1CCN(C(=O)C2=CCCCC2)C1. The molecule has 0 saturated carbocycles. The van der Waals surface area contributed by atoms with Crippen LogP contribution in [0.15, 0.2) is 11.6 Å². The number of allylic oxidation sites excluding steroid dienone is 1. The van der Waals surface area contributed by atoms with E-state index in [2.05, 4.69) is 6.08 Å². The number of carbonyl (C=O) groups excluding carboxylic acids is 1. The molecule has 1 saturated heterocycles. The number of nitrogens with two attached hydrogens (primary N) is 1. The standard InChI is InChI=1S/C11H18N2O/c12-10-6-7-13(8-10)11(14)9-4-2-1-3-5-9/h4,10H,1-3,5-8,12H2/t10-/m1/s1. The summed E-state index contributed by atoms with van der Waals surface area (Å²) < 4.78 is 0. The molecule has 14 heavy (non-hydrogen) atoms. The minimum absolute atomic E-state index is 0.197. The smallest absolute Gasteiger partial charge is 0.249 e. The topological polar surface area (TPSA) is 46.3 Å². The largest absolute Gasteiger partial charge is 0.337 e. The quantitative estimate of drug-likeness (QED) is 0.678. The molecule has 3 heteroatoms. The molecule has 0 aromatic rings. The van der Waals surface area contributed by atoms with Gasteiger partial charge in [-0.1, -0.05) is 6.08 Å². The molecule has 0 spiro atoms. The van der Waals surface area contributed by atoms with E-state index in [1.807, 2.05) is 4.90 Å². The molecule has 2 aliphatic rings. The third-order valence-corrected chi connectivity index (χ3v) is 3.08. The monoisotopic (exact) mass is 194 g/mol. The van der Waals surface area contributed by atoms with Crippen molar-refractivity contribution in [1.82, 2.24) is 4.90 Å². The number of rotatable bonds is 1. The minimum atomic E-state index is 0.197. The molecule has 1 fully saturated rings. The van der Waals surface area contributed by atoms with Crippen molar-refractivity contribution in [2.75, 3.05) is 13.1 Å². The van der Waals surface area contributed by atoms with E-state index in [9.17, 15) is 4.79 Å². The van der Waals surface area contributed by atoms with Crippen LogP contribution in [0.5, 0.6) is 0 Å². The van der Waals surface area contributed by atoms with E-state index in [1.165, 1.54) is 6.42 Å². The van der Waals surface area contributed by atoms with Crippen LogP contribution in [0.2, 0.25) is 0 Å². The molecule has 1 heterocycles. The van der Waals surface area contributed by atoms with Crippen molar-refractivity contribution in [3.63, 3.8) is 0 Å². The highest BCUT2D eigenvalue weighted by Crippen LogP contribution is 2.21. The van der Waals surface area contributed by atoms with Crippen LogP contribution >= 0.6 is 0 Å². The van der Waals surface area contributed by atoms with Gasteiger partial charge in [0, 0.05) is 24.7 Å². The van der Waals surface area contributed by atoms with E-state index in [0.29, 0.717) is 0 Å². The molecule has 0 aromatic carbocycles. The number of nitrogens with zero attached hydrogens (tertiary/aromatic N) is 1. The summed E-state index contributed by atoms with van der Waals surface area (Å²) in [6, 6.07) is 0.197. The molecule has 3 nitrogen and oxygen atoms in total. The maximum absolute atomic E-state index is 11.9. The van der Waals surface area contributed by atoms with Gasteiger partial charge < -0.3 is 10.6 Å². The molecule has 0 aromatic heterocycles. The second-order valence-electron chi connectivity index (χ2n) is 4.28. The number of hydrogen-bond donors (Lipinski definition) is 1. The van der Waals surface area contributed by atoms with Gasteiger partial charge in [0.2, 0.25) is 5.91 Å². The number of likely N-dealkylation sites (tertiary alicyclic amines) is 1. The fourth-order valence-electron chi connectivity index (χ4n) is 2.21. The normalized spacial score (nSPS) is 27.6. The summed E-state index contributed by atoms with van der Waals surface area (Å²) in [6.07, 6.45) is 7.49. The molecule has 0 bridgehead atoms. The lowest BCUT2D eigenvalue weighted by molar-refractivity contribution is -0.126. The minimum Gasteiger partial charge on any atom is -0.337 e. The van der Waals surface area contributed by atoms with Crippen LogP contribution < -0.4 is 5.73 Å². The molecule has 1 atom stereocenters. The van der Waals surface area contributed by atoms with E-state index in [0.717, 1.165) is 44.3 Å². The summed E-state index contributed by atoms with van der Waals surface area (Å²) >= 11 is 0. The molecule has 0 radical (unpaired) electrons. The molecule has 78 valence electrons. The fourth-order valence-corrected chi connectivity index (χ4v) is 2.21. The molecular formula is C11H18N2O. The number of amides is 1. The van der Waals surface area contributed by atoms with E-state index < -0.39 is 0 Å². The zero-order chi connectivity index (χ0) is 9.97. The summed E-state index contributed by atoms with van der Waals surface area (Å²) in [5.74, 6) is 0.234. The molecule has 1 amide bonds. The Kier molecular flexibility index (Phi) is 2.87. The average Bonchev–Trinajstić information content (AvgIpc) is 2.65. The highest BCUT2D eigenvalue weighted by Gasteiger charge is 2.25. The Balaban J connectivity index is 1.97. The summed E-state index contributed by atoms with van der Waals surface area (Å²) in [6.45, 7) is 1.59. The van der Waals surface area contributed by atoms with Crippen LogP contribution in [-0.4, -0.2) is 29.9 Å². The van der Waals surface area contributed by atoms with E-state index in [4.69, 9.17) is 5.73 Å². The first-order chi connectivity index (χ1) is 6.77. The van der Waals surface area contributed by atoms with Gasteiger partial charge in [-0.3, -0.25) is 4.79 Å². The van der Waals surface area contributed by atoms with Crippen LogP contribution in [0.25, 0.3) is 0 Å². The molecule has 1 aliphatic heterocycles. The number of carbonyl (C=O) groups is 1. The van der Waals surface area contributed by atoms with Crippen LogP contribution in [0.1, 0.15) is 32.1 Å². The van der Waals surface area contributed by atoms with Crippen molar-refractivity contribution in [2.24, 2.45) is 5.73 Å². The first-order valence-electron chi connectivity index (χ1n) is 5.51. The third-order valence-electron chi connectivity index (χ3n) is 3.08. The zero-order valence-electron chi connectivity index (χ0n) is 8.54. The predicted molar refractivity (Wildman–Crippen MR) is 55.7 cm³/mol. The lowest BCUT2D eigenvalue weighted by Crippen LogP contribution is -2.33. The lowest BCUT2D eigenvalue weighted by atomic mass is 9.99. The van der Waals surface area contributed by atoms with E-state index >= 15 is 0 Å². The van der Waals surface area contributed by atoms with Gasteiger partial charge in [0.05, 0.1) is 0 Å². The Hall–Kier alpha value is -0.830. The van der Waals surface area contributed by atoms with Crippen molar-refractivity contribution in [1.29, 1.82) is 0 Å². The van der Waals surface area contributed by atoms with Crippen LogP contribution in [0.4, 0.5) is 0 Å². The summed E-state index contributed by atoms with van der Waals surface area (Å²) in [4.78, 5) is 13.9. The van der Waals surface area contributed by atoms with Gasteiger partial charge in [-0.2, -0.15) is 0 Å². The lowest BCUT2D eigenvalue weighted by Gasteiger charge is -2.19. The maximum Gasteiger partial charge on any atom is 0.249 e. The van der Waals surface area contributed by atoms with Crippen molar-refractivity contribution in [3.05, 3.63) is 11.6 Å². The Labute approximate surface area is 84.9 Å². The van der Waals surface area contributed by atoms with Crippen molar-refractivity contribution in [3.8, 4) is 0 Å². The van der Waals surface area contributed by atoms with Crippen molar-refractivity contribution >= 4 is 5.91 Å². The van der Waals surface area contributed by atoms with Gasteiger partial charge in [0.1, 0.15) is 0 Å². The molecule has 1 aliphatic carbocycles. The van der Waals surface area contributed by atoms with Gasteiger partial charge in [-0.05, 0) is 32.1 Å². The van der Waals surface area contributed by atoms with Crippen LogP contribution in [-0.2, 0) is 4.79 Å². The van der Waals surface area contributed by atoms with Crippen molar-refractivity contribution < 1.29 is 4.79 Å². The van der Waals surface area contributed by atoms with Gasteiger partial charge >= 0.3 is 0 Å². The highest BCUT2D eigenvalue weighted by atomic mass is 16.2. The first kappa shape index (κ1) is 9.71. The van der Waals surface area contributed by atoms with E-state index in [1.54, 1.807) is 0 Å². The summed E-state index contributed by atoms with van der Waals surface area (Å²) in [7, 11) is 0. The van der Waals surface area contributed by atoms with Crippen LogP contribution in [0, 0.1) is 0 Å². The van der Waals surface area contributed by atoms with Gasteiger partial charge in [0.25, 0.3) is 0 Å². The summed E-state index contributed by atoms with van der Waals surface area (Å²) in [5, 5.41) is 0. The molecule has 0 unspecified atom stereocenters. The Bertz CT molecular complexity index is 260. The molecular weight excluding hydrogens is 176 g/mol. The number of hydrogen-bond acceptors (Lipinski definition) is 2. The Morgan fingerprint density at radius 1 is 1.50 bits per heavy atom. The summed E-state index contributed by atoms with van der Waals surface area (Å²) in [5.41, 5.74) is 6.80. The second kappa shape index (κ2) is 4.13. The highest BCUT2D eigenvalue weighted by molar-refractivity contribution is 5.93. The van der Waals surface area contributed by atoms with Gasteiger partial charge in [-0.25, -0.2) is 0 Å². The second-order valence-corrected chi connectivity index (χ2v) is 4.28. The fraction of sp³-hybridized carbons (Fsp3) is 0.727. The Morgan fingerprint density at radius 3 is 2.93 bits per heavy atom. The Morgan fingerprint density at radius 2 is 2.36 bits per heavy atom. The van der Waals surface area contributed by atoms with E-state index in [-0.39, 0.29) is 11.9 Å².